The molecular weight excluding hydrogens is 284 g/mol. The van der Waals surface area contributed by atoms with Crippen molar-refractivity contribution in [3.8, 4) is 11.1 Å². The molecule has 0 spiro atoms. The highest BCUT2D eigenvalue weighted by Gasteiger charge is 2.34. The zero-order valence-corrected chi connectivity index (χ0v) is 14.1. The van der Waals surface area contributed by atoms with Crippen LogP contribution in [0.25, 0.3) is 21.9 Å². The molecule has 0 aliphatic heterocycles. The third-order valence-corrected chi connectivity index (χ3v) is 6.54. The van der Waals surface area contributed by atoms with E-state index >= 15 is 0 Å². The highest BCUT2D eigenvalue weighted by atomic mass is 28.3. The monoisotopic (exact) mass is 302 g/mol. The van der Waals surface area contributed by atoms with Gasteiger partial charge < -0.3 is 0 Å². The van der Waals surface area contributed by atoms with Crippen molar-refractivity contribution in [3.63, 3.8) is 0 Å². The van der Waals surface area contributed by atoms with Gasteiger partial charge in [-0.1, -0.05) is 74.2 Å². The topological polar surface area (TPSA) is 17.1 Å². The molecule has 0 heterocycles. The first kappa shape index (κ1) is 13.5. The molecule has 0 atom stereocenters. The second-order valence-corrected chi connectivity index (χ2v) is 12.1. The standard InChI is InChI=1S/C20H18OSi/c1-22(2,3)17-12-13-8-4-5-9-14(13)18-15-10-6-7-11-16(15)20(21)19(17)18/h4-12H,1-3H3. The van der Waals surface area contributed by atoms with E-state index in [1.165, 1.54) is 16.0 Å². The van der Waals surface area contributed by atoms with Crippen LogP contribution in [-0.4, -0.2) is 13.9 Å². The van der Waals surface area contributed by atoms with Crippen LogP contribution in [0, 0.1) is 0 Å². The molecule has 3 aromatic rings. The molecule has 0 aromatic heterocycles. The number of rotatable bonds is 1. The Morgan fingerprint density at radius 1 is 0.773 bits per heavy atom. The van der Waals surface area contributed by atoms with E-state index in [2.05, 4.69) is 56.0 Å². The van der Waals surface area contributed by atoms with Crippen molar-refractivity contribution in [1.82, 2.24) is 0 Å². The first-order chi connectivity index (χ1) is 10.5. The normalized spacial score (nSPS) is 13.3. The minimum atomic E-state index is -1.61. The molecule has 0 saturated heterocycles. The van der Waals surface area contributed by atoms with Gasteiger partial charge in [-0.3, -0.25) is 4.79 Å². The third kappa shape index (κ3) is 1.74. The molecule has 0 saturated carbocycles. The quantitative estimate of drug-likeness (QED) is 0.470. The summed E-state index contributed by atoms with van der Waals surface area (Å²) >= 11 is 0. The fraction of sp³-hybridized carbons (Fsp3) is 0.150. The predicted octanol–water partition coefficient (Wildman–Crippen LogP) is 4.60. The van der Waals surface area contributed by atoms with Crippen LogP contribution in [0.3, 0.4) is 0 Å². The molecule has 1 aliphatic carbocycles. The number of benzene rings is 3. The number of carbonyl (C=O) groups excluding carboxylic acids is 1. The molecule has 2 heteroatoms. The smallest absolute Gasteiger partial charge is 0.194 e. The molecule has 0 N–H and O–H groups in total. The van der Waals surface area contributed by atoms with Crippen LogP contribution in [-0.2, 0) is 0 Å². The zero-order chi connectivity index (χ0) is 15.5. The van der Waals surface area contributed by atoms with Gasteiger partial charge >= 0.3 is 0 Å². The number of hydrogen-bond donors (Lipinski definition) is 0. The first-order valence-corrected chi connectivity index (χ1v) is 11.2. The molecule has 0 amide bonds. The summed E-state index contributed by atoms with van der Waals surface area (Å²) in [5, 5.41) is 3.71. The number of ketones is 1. The minimum Gasteiger partial charge on any atom is -0.289 e. The van der Waals surface area contributed by atoms with Gasteiger partial charge in [-0.05, 0) is 21.5 Å². The fourth-order valence-electron chi connectivity index (χ4n) is 3.49. The van der Waals surface area contributed by atoms with E-state index in [1.54, 1.807) is 0 Å². The Hall–Kier alpha value is -2.19. The molecule has 3 aromatic carbocycles. The number of hydrogen-bond acceptors (Lipinski definition) is 1. The molecule has 1 aliphatic rings. The molecule has 0 fully saturated rings. The van der Waals surface area contributed by atoms with Gasteiger partial charge in [-0.15, -0.1) is 0 Å². The van der Waals surface area contributed by atoms with E-state index < -0.39 is 8.07 Å². The summed E-state index contributed by atoms with van der Waals surface area (Å²) in [6, 6.07) is 18.7. The maximum atomic E-state index is 13.0. The summed E-state index contributed by atoms with van der Waals surface area (Å²) in [6.07, 6.45) is 0. The van der Waals surface area contributed by atoms with Crippen LogP contribution in [0.1, 0.15) is 15.9 Å². The SMILES string of the molecule is C[Si](C)(C)c1cc2ccccc2c2c1C(=O)c1ccccc1-2. The highest BCUT2D eigenvalue weighted by Crippen LogP contribution is 2.41. The van der Waals surface area contributed by atoms with E-state index in [9.17, 15) is 4.79 Å². The lowest BCUT2D eigenvalue weighted by Gasteiger charge is -2.21. The molecule has 0 bridgehead atoms. The van der Waals surface area contributed by atoms with Crippen LogP contribution < -0.4 is 5.19 Å². The lowest BCUT2D eigenvalue weighted by molar-refractivity contribution is 0.104. The largest absolute Gasteiger partial charge is 0.289 e. The Morgan fingerprint density at radius 2 is 1.41 bits per heavy atom. The van der Waals surface area contributed by atoms with Gasteiger partial charge in [0.05, 0.1) is 8.07 Å². The van der Waals surface area contributed by atoms with E-state index in [1.807, 2.05) is 18.2 Å². The Kier molecular flexibility index (Phi) is 2.69. The van der Waals surface area contributed by atoms with E-state index in [0.29, 0.717) is 0 Å². The van der Waals surface area contributed by atoms with Gasteiger partial charge in [0.25, 0.3) is 0 Å². The average molecular weight is 302 g/mol. The van der Waals surface area contributed by atoms with Gasteiger partial charge in [-0.25, -0.2) is 0 Å². The highest BCUT2D eigenvalue weighted by molar-refractivity contribution is 6.90. The summed E-state index contributed by atoms with van der Waals surface area (Å²) in [7, 11) is -1.61. The Bertz CT molecular complexity index is 932. The first-order valence-electron chi connectivity index (χ1n) is 7.69. The summed E-state index contributed by atoms with van der Waals surface area (Å²) < 4.78 is 0. The second-order valence-electron chi connectivity index (χ2n) is 7.02. The minimum absolute atomic E-state index is 0.203. The number of fused-ring (bicyclic) bond motifs is 5. The van der Waals surface area contributed by atoms with Crippen molar-refractivity contribution in [1.29, 1.82) is 0 Å². The molecule has 22 heavy (non-hydrogen) atoms. The maximum Gasteiger partial charge on any atom is 0.194 e. The van der Waals surface area contributed by atoms with Crippen molar-refractivity contribution in [2.75, 3.05) is 0 Å². The van der Waals surface area contributed by atoms with Crippen LogP contribution >= 0.6 is 0 Å². The summed E-state index contributed by atoms with van der Waals surface area (Å²) in [5.41, 5.74) is 4.06. The van der Waals surface area contributed by atoms with E-state index in [0.717, 1.165) is 22.3 Å². The molecule has 108 valence electrons. The Balaban J connectivity index is 2.23. The van der Waals surface area contributed by atoms with Gasteiger partial charge in [0, 0.05) is 16.7 Å². The van der Waals surface area contributed by atoms with Crippen molar-refractivity contribution < 1.29 is 4.79 Å². The van der Waals surface area contributed by atoms with Gasteiger partial charge in [-0.2, -0.15) is 0 Å². The molecule has 1 nitrogen and oxygen atoms in total. The molecule has 4 rings (SSSR count). The summed E-state index contributed by atoms with van der Waals surface area (Å²) in [5.74, 6) is 0.203. The summed E-state index contributed by atoms with van der Waals surface area (Å²) in [4.78, 5) is 13.0. The van der Waals surface area contributed by atoms with Crippen molar-refractivity contribution in [2.24, 2.45) is 0 Å². The van der Waals surface area contributed by atoms with Crippen LogP contribution in [0.4, 0.5) is 0 Å². The van der Waals surface area contributed by atoms with Crippen molar-refractivity contribution in [3.05, 3.63) is 65.7 Å². The van der Waals surface area contributed by atoms with E-state index in [4.69, 9.17) is 0 Å². The fourth-order valence-corrected chi connectivity index (χ4v) is 5.07. The van der Waals surface area contributed by atoms with Crippen LogP contribution in [0.2, 0.25) is 19.6 Å². The zero-order valence-electron chi connectivity index (χ0n) is 13.1. The maximum absolute atomic E-state index is 13.0. The van der Waals surface area contributed by atoms with Crippen LogP contribution in [0.15, 0.2) is 54.6 Å². The summed E-state index contributed by atoms with van der Waals surface area (Å²) in [6.45, 7) is 6.94. The van der Waals surface area contributed by atoms with Crippen LogP contribution in [0.5, 0.6) is 0 Å². The second kappa shape index (κ2) is 4.40. The number of carbonyl (C=O) groups is 1. The van der Waals surface area contributed by atoms with Crippen molar-refractivity contribution in [2.45, 2.75) is 19.6 Å². The third-order valence-electron chi connectivity index (χ3n) is 4.53. The van der Waals surface area contributed by atoms with Gasteiger partial charge in [0.1, 0.15) is 0 Å². The Morgan fingerprint density at radius 3 is 2.14 bits per heavy atom. The van der Waals surface area contributed by atoms with Gasteiger partial charge in [0.15, 0.2) is 5.78 Å². The Labute approximate surface area is 131 Å². The predicted molar refractivity (Wildman–Crippen MR) is 95.8 cm³/mol. The molecule has 0 radical (unpaired) electrons. The lowest BCUT2D eigenvalue weighted by Crippen LogP contribution is -2.41. The molecular formula is C20H18OSi. The average Bonchev–Trinajstić information content (AvgIpc) is 2.80. The van der Waals surface area contributed by atoms with Gasteiger partial charge in [0.2, 0.25) is 0 Å². The lowest BCUT2D eigenvalue weighted by atomic mass is 9.98. The molecule has 0 unspecified atom stereocenters. The van der Waals surface area contributed by atoms with Crippen molar-refractivity contribution >= 4 is 29.8 Å². The van der Waals surface area contributed by atoms with E-state index in [-0.39, 0.29) is 5.78 Å².